The first kappa shape index (κ1) is 22.8. The molecule has 0 bridgehead atoms. The second kappa shape index (κ2) is 8.89. The molecule has 176 valence electrons. The van der Waals surface area contributed by atoms with Crippen molar-refractivity contribution in [3.05, 3.63) is 46.6 Å². The molecule has 11 heteroatoms. The summed E-state index contributed by atoms with van der Waals surface area (Å²) in [5.41, 5.74) is -0.517. The highest BCUT2D eigenvalue weighted by molar-refractivity contribution is 5.91. The minimum atomic E-state index is -1.75. The van der Waals surface area contributed by atoms with E-state index in [0.29, 0.717) is 11.3 Å². The maximum absolute atomic E-state index is 12.6. The van der Waals surface area contributed by atoms with E-state index in [0.717, 1.165) is 12.1 Å². The molecule has 33 heavy (non-hydrogen) atoms. The molecule has 0 unspecified atom stereocenters. The van der Waals surface area contributed by atoms with E-state index in [-0.39, 0.29) is 16.7 Å². The molecule has 6 N–H and O–H groups in total. The smallest absolute Gasteiger partial charge is 0.229 e. The number of ether oxygens (including phenoxy) is 3. The predicted octanol–water partition coefficient (Wildman–Crippen LogP) is 0.0585. The molecule has 1 fully saturated rings. The number of benzene rings is 2. The Balaban J connectivity index is 1.75. The van der Waals surface area contributed by atoms with Gasteiger partial charge in [0.05, 0.1) is 13.7 Å². The van der Waals surface area contributed by atoms with Crippen molar-refractivity contribution in [2.75, 3.05) is 13.7 Å². The van der Waals surface area contributed by atoms with Gasteiger partial charge < -0.3 is 49.3 Å². The van der Waals surface area contributed by atoms with Crippen LogP contribution in [0.4, 0.5) is 0 Å². The van der Waals surface area contributed by atoms with E-state index >= 15 is 0 Å². The minimum absolute atomic E-state index is 0.0924. The zero-order chi connectivity index (χ0) is 23.9. The van der Waals surface area contributed by atoms with Gasteiger partial charge in [0.25, 0.3) is 0 Å². The van der Waals surface area contributed by atoms with Gasteiger partial charge in [0.15, 0.2) is 16.8 Å². The molecule has 0 aliphatic carbocycles. The van der Waals surface area contributed by atoms with E-state index in [1.54, 1.807) is 24.3 Å². The van der Waals surface area contributed by atoms with E-state index in [1.165, 1.54) is 7.11 Å². The lowest BCUT2D eigenvalue weighted by atomic mass is 9.99. The summed E-state index contributed by atoms with van der Waals surface area (Å²) in [5, 5.41) is 60.1. The molecular weight excluding hydrogens is 440 g/mol. The maximum Gasteiger partial charge on any atom is 0.229 e. The predicted molar refractivity (Wildman–Crippen MR) is 112 cm³/mol. The van der Waals surface area contributed by atoms with Crippen molar-refractivity contribution in [1.29, 1.82) is 0 Å². The van der Waals surface area contributed by atoms with E-state index in [2.05, 4.69) is 0 Å². The van der Waals surface area contributed by atoms with Gasteiger partial charge in [-0.05, 0) is 24.3 Å². The van der Waals surface area contributed by atoms with Gasteiger partial charge in [0.2, 0.25) is 12.0 Å². The summed E-state index contributed by atoms with van der Waals surface area (Å²) in [5.74, 6) is -1.00. The monoisotopic (exact) mass is 462 g/mol. The molecule has 2 heterocycles. The van der Waals surface area contributed by atoms with Crippen molar-refractivity contribution in [2.45, 2.75) is 30.7 Å². The molecule has 5 atom stereocenters. The zero-order valence-corrected chi connectivity index (χ0v) is 17.3. The summed E-state index contributed by atoms with van der Waals surface area (Å²) in [6, 6.07) is 8.64. The lowest BCUT2D eigenvalue weighted by Gasteiger charge is -2.39. The third-order valence-electron chi connectivity index (χ3n) is 5.39. The third-order valence-corrected chi connectivity index (χ3v) is 5.39. The molecule has 0 amide bonds. The highest BCUT2D eigenvalue weighted by Gasteiger charge is 2.45. The highest BCUT2D eigenvalue weighted by Crippen LogP contribution is 2.41. The Morgan fingerprint density at radius 3 is 2.33 bits per heavy atom. The second-order valence-corrected chi connectivity index (χ2v) is 7.47. The number of aliphatic hydroxyl groups is 4. The molecule has 4 rings (SSSR count). The number of phenolic OH excluding ortho intramolecular Hbond substituents is 2. The molecule has 11 nitrogen and oxygen atoms in total. The van der Waals surface area contributed by atoms with Gasteiger partial charge in [-0.3, -0.25) is 4.79 Å². The van der Waals surface area contributed by atoms with Gasteiger partial charge in [-0.2, -0.15) is 0 Å². The van der Waals surface area contributed by atoms with Crippen molar-refractivity contribution in [2.24, 2.45) is 0 Å². The van der Waals surface area contributed by atoms with E-state index in [9.17, 15) is 35.4 Å². The average Bonchev–Trinajstić information content (AvgIpc) is 2.82. The fourth-order valence-corrected chi connectivity index (χ4v) is 3.56. The Labute approximate surface area is 186 Å². The normalized spacial score (nSPS) is 25.2. The van der Waals surface area contributed by atoms with Gasteiger partial charge >= 0.3 is 0 Å². The summed E-state index contributed by atoms with van der Waals surface area (Å²) in [7, 11) is 1.50. The van der Waals surface area contributed by atoms with Crippen LogP contribution in [0.25, 0.3) is 22.3 Å². The summed E-state index contributed by atoms with van der Waals surface area (Å²) < 4.78 is 21.4. The van der Waals surface area contributed by atoms with E-state index in [1.807, 2.05) is 0 Å². The number of phenols is 2. The molecule has 2 aromatic carbocycles. The highest BCUT2D eigenvalue weighted by atomic mass is 16.7. The fraction of sp³-hybridized carbons (Fsp3) is 0.318. The minimum Gasteiger partial charge on any atom is -0.507 e. The Morgan fingerprint density at radius 1 is 1.00 bits per heavy atom. The number of hydrogen-bond acceptors (Lipinski definition) is 11. The first-order chi connectivity index (χ1) is 15.7. The lowest BCUT2D eigenvalue weighted by molar-refractivity contribution is -0.277. The number of aromatic hydroxyl groups is 2. The van der Waals surface area contributed by atoms with E-state index in [4.69, 9.17) is 18.6 Å². The molecule has 0 saturated carbocycles. The first-order valence-electron chi connectivity index (χ1n) is 9.89. The van der Waals surface area contributed by atoms with Crippen molar-refractivity contribution in [3.63, 3.8) is 0 Å². The SMILES string of the molecule is COc1ccc(-c2cc(=O)c3c(O)cc(O[C@@H]4O[C@H](CO)[C@@H](O)[C@H](O)[C@H]4O)c(O)c3o2)cc1. The molecule has 1 saturated heterocycles. The lowest BCUT2D eigenvalue weighted by Crippen LogP contribution is -2.60. The summed E-state index contributed by atoms with van der Waals surface area (Å²) in [6.45, 7) is -0.681. The molecule has 1 aliphatic rings. The number of aliphatic hydroxyl groups excluding tert-OH is 4. The van der Waals surface area contributed by atoms with Crippen molar-refractivity contribution in [3.8, 4) is 34.3 Å². The zero-order valence-electron chi connectivity index (χ0n) is 17.3. The third kappa shape index (κ3) is 4.08. The van der Waals surface area contributed by atoms with Gasteiger partial charge in [0.1, 0.15) is 47.1 Å². The Morgan fingerprint density at radius 2 is 1.70 bits per heavy atom. The first-order valence-corrected chi connectivity index (χ1v) is 9.89. The van der Waals surface area contributed by atoms with Crippen LogP contribution in [0.5, 0.6) is 23.0 Å². The average molecular weight is 462 g/mol. The van der Waals surface area contributed by atoms with Crippen molar-refractivity contribution in [1.82, 2.24) is 0 Å². The van der Waals surface area contributed by atoms with Crippen LogP contribution in [0.2, 0.25) is 0 Å². The number of rotatable bonds is 5. The van der Waals surface area contributed by atoms with Crippen LogP contribution in [0, 0.1) is 0 Å². The summed E-state index contributed by atoms with van der Waals surface area (Å²) >= 11 is 0. The molecule has 1 aliphatic heterocycles. The maximum atomic E-state index is 12.6. The molecular formula is C22H22O11. The van der Waals surface area contributed by atoms with E-state index < -0.39 is 60.0 Å². The van der Waals surface area contributed by atoms with Gasteiger partial charge in [-0.25, -0.2) is 0 Å². The molecule has 1 aromatic heterocycles. The Kier molecular flexibility index (Phi) is 6.15. The summed E-state index contributed by atoms with van der Waals surface area (Å²) in [4.78, 5) is 12.6. The topological polar surface area (TPSA) is 179 Å². The quantitative estimate of drug-likeness (QED) is 0.282. The fourth-order valence-electron chi connectivity index (χ4n) is 3.56. The Hall–Kier alpha value is -3.35. The van der Waals surface area contributed by atoms with Crippen molar-refractivity contribution < 1.29 is 49.3 Å². The van der Waals surface area contributed by atoms with Crippen LogP contribution in [0.1, 0.15) is 0 Å². The molecule has 0 spiro atoms. The van der Waals surface area contributed by atoms with Crippen LogP contribution in [-0.2, 0) is 4.74 Å². The number of methoxy groups -OCH3 is 1. The van der Waals surface area contributed by atoms with Gasteiger partial charge in [0, 0.05) is 17.7 Å². The van der Waals surface area contributed by atoms with Crippen LogP contribution in [0.3, 0.4) is 0 Å². The van der Waals surface area contributed by atoms with Crippen LogP contribution >= 0.6 is 0 Å². The summed E-state index contributed by atoms with van der Waals surface area (Å²) in [6.07, 6.45) is -7.94. The number of fused-ring (bicyclic) bond motifs is 1. The number of hydrogen-bond donors (Lipinski definition) is 6. The molecule has 3 aromatic rings. The van der Waals surface area contributed by atoms with Crippen molar-refractivity contribution >= 4 is 11.0 Å². The standard InChI is InChI=1S/C22H22O11/c1-30-10-4-2-9(3-5-10)13-6-11(24)16-12(25)7-14(18(27)21(16)31-13)32-22-20(29)19(28)17(26)15(8-23)33-22/h2-7,15,17,19-20,22-23,25-29H,8H2,1H3/t15-,17-,19+,20-,22-/m1/s1. The second-order valence-electron chi connectivity index (χ2n) is 7.47. The van der Waals surface area contributed by atoms with Crippen LogP contribution in [0.15, 0.2) is 45.6 Å². The largest absolute Gasteiger partial charge is 0.507 e. The molecule has 0 radical (unpaired) electrons. The van der Waals surface area contributed by atoms with Crippen LogP contribution < -0.4 is 14.9 Å². The van der Waals surface area contributed by atoms with Gasteiger partial charge in [-0.15, -0.1) is 0 Å². The Bertz CT molecular complexity index is 1200. The van der Waals surface area contributed by atoms with Gasteiger partial charge in [-0.1, -0.05) is 0 Å². The van der Waals surface area contributed by atoms with Crippen LogP contribution in [-0.4, -0.2) is 75.1 Å².